The van der Waals surface area contributed by atoms with Gasteiger partial charge in [0.15, 0.2) is 6.04 Å². The predicted octanol–water partition coefficient (Wildman–Crippen LogP) is 2.29. The molecule has 4 aromatic heterocycles. The molecule has 0 saturated heterocycles. The standard InChI is InChI=1S/C26H24N8O4/c1-12-3-20(25-32-21(11-38-25)26(36)37)28-8-17(12)19-4-13-5-22(29-9-18(13)23(27)31-19)33-24(35)16-6-15(16)14-7-30-34(2)10-14/h3-5,7-10,15-16,21H,6,11H2,1-2H3,(H2,27,31)(H,36,37)(H,29,33,35)/t15-,16+,21-/m0/s1. The molecule has 1 aliphatic heterocycles. The number of aliphatic carboxylic acids is 1. The highest BCUT2D eigenvalue weighted by molar-refractivity contribution is 5.99. The van der Waals surface area contributed by atoms with Crippen LogP contribution in [-0.4, -0.2) is 60.3 Å². The van der Waals surface area contributed by atoms with Crippen molar-refractivity contribution in [1.82, 2.24) is 24.7 Å². The third-order valence-corrected chi connectivity index (χ3v) is 6.82. The third kappa shape index (κ3) is 4.29. The van der Waals surface area contributed by atoms with Gasteiger partial charge in [-0.05, 0) is 54.0 Å². The summed E-state index contributed by atoms with van der Waals surface area (Å²) in [5.41, 5.74) is 9.94. The molecule has 4 aromatic rings. The van der Waals surface area contributed by atoms with Crippen molar-refractivity contribution in [3.05, 3.63) is 59.8 Å². The van der Waals surface area contributed by atoms with Crippen LogP contribution in [0.4, 0.5) is 11.6 Å². The van der Waals surface area contributed by atoms with Crippen LogP contribution in [-0.2, 0) is 21.4 Å². The number of pyridine rings is 3. The van der Waals surface area contributed by atoms with E-state index in [1.165, 1.54) is 0 Å². The number of fused-ring (bicyclic) bond motifs is 1. The van der Waals surface area contributed by atoms with Gasteiger partial charge in [0, 0.05) is 42.5 Å². The lowest BCUT2D eigenvalue weighted by molar-refractivity contribution is -0.138. The Morgan fingerprint density at radius 2 is 2.00 bits per heavy atom. The van der Waals surface area contributed by atoms with E-state index in [1.807, 2.05) is 26.2 Å². The van der Waals surface area contributed by atoms with E-state index in [-0.39, 0.29) is 30.2 Å². The van der Waals surface area contributed by atoms with Crippen LogP contribution in [0.2, 0.25) is 0 Å². The first kappa shape index (κ1) is 23.5. The van der Waals surface area contributed by atoms with Gasteiger partial charge in [-0.25, -0.2) is 19.8 Å². The maximum atomic E-state index is 12.8. The number of carboxylic acids is 1. The van der Waals surface area contributed by atoms with Crippen LogP contribution < -0.4 is 11.1 Å². The van der Waals surface area contributed by atoms with Crippen molar-refractivity contribution in [1.29, 1.82) is 0 Å². The number of carboxylic acid groups (broad SMARTS) is 1. The highest BCUT2D eigenvalue weighted by atomic mass is 16.5. The molecular formula is C26H24N8O4. The molecule has 192 valence electrons. The molecule has 38 heavy (non-hydrogen) atoms. The molecule has 6 rings (SSSR count). The summed E-state index contributed by atoms with van der Waals surface area (Å²) >= 11 is 0. The Morgan fingerprint density at radius 1 is 1.16 bits per heavy atom. The molecule has 2 aliphatic rings. The number of amides is 1. The molecule has 0 spiro atoms. The quantitative estimate of drug-likeness (QED) is 0.351. The molecule has 1 amide bonds. The molecule has 1 saturated carbocycles. The number of aryl methyl sites for hydroxylation is 2. The normalized spacial score (nSPS) is 20.2. The van der Waals surface area contributed by atoms with Gasteiger partial charge in [-0.1, -0.05) is 0 Å². The van der Waals surface area contributed by atoms with Crippen molar-refractivity contribution in [2.45, 2.75) is 25.3 Å². The molecule has 1 aliphatic carbocycles. The number of nitrogens with one attached hydrogen (secondary N) is 1. The number of nitrogen functional groups attached to an aromatic ring is 1. The number of hydrogen-bond donors (Lipinski definition) is 3. The number of aliphatic imine (C=N–C) groups is 1. The van der Waals surface area contributed by atoms with Crippen LogP contribution in [0, 0.1) is 12.8 Å². The van der Waals surface area contributed by atoms with Crippen molar-refractivity contribution in [3.8, 4) is 11.3 Å². The molecule has 12 nitrogen and oxygen atoms in total. The van der Waals surface area contributed by atoms with E-state index in [0.29, 0.717) is 28.4 Å². The Bertz CT molecular complexity index is 1650. The Morgan fingerprint density at radius 3 is 2.71 bits per heavy atom. The van der Waals surface area contributed by atoms with Crippen molar-refractivity contribution >= 4 is 40.2 Å². The van der Waals surface area contributed by atoms with Crippen molar-refractivity contribution in [2.24, 2.45) is 18.0 Å². The molecule has 0 unspecified atom stereocenters. The summed E-state index contributed by atoms with van der Waals surface area (Å²) in [5.74, 6) is -0.120. The van der Waals surface area contributed by atoms with Gasteiger partial charge >= 0.3 is 5.97 Å². The molecular weight excluding hydrogens is 488 g/mol. The molecule has 1 fully saturated rings. The fourth-order valence-electron chi connectivity index (χ4n) is 4.67. The highest BCUT2D eigenvalue weighted by Gasteiger charge is 2.44. The Labute approximate surface area is 216 Å². The van der Waals surface area contributed by atoms with Gasteiger partial charge in [0.05, 0.1) is 11.9 Å². The Kier molecular flexibility index (Phi) is 5.51. The number of nitrogens with two attached hydrogens (primary N) is 1. The van der Waals surface area contributed by atoms with E-state index in [4.69, 9.17) is 15.6 Å². The summed E-state index contributed by atoms with van der Waals surface area (Å²) in [4.78, 5) is 41.4. The first-order valence-electron chi connectivity index (χ1n) is 12.0. The number of carbonyl (C=O) groups is 2. The number of nitrogens with zero attached hydrogens (tertiary/aromatic N) is 6. The van der Waals surface area contributed by atoms with Gasteiger partial charge < -0.3 is 20.9 Å². The summed E-state index contributed by atoms with van der Waals surface area (Å²) in [7, 11) is 1.86. The lowest BCUT2D eigenvalue weighted by Crippen LogP contribution is -2.18. The Hall–Kier alpha value is -4.87. The number of ether oxygens (including phenoxy) is 1. The Balaban J connectivity index is 1.24. The average Bonchev–Trinajstić information content (AvgIpc) is 3.30. The summed E-state index contributed by atoms with van der Waals surface area (Å²) in [6.45, 7) is 1.87. The lowest BCUT2D eigenvalue weighted by Gasteiger charge is -2.11. The monoisotopic (exact) mass is 512 g/mol. The third-order valence-electron chi connectivity index (χ3n) is 6.82. The van der Waals surface area contributed by atoms with Crippen molar-refractivity contribution in [2.75, 3.05) is 17.7 Å². The van der Waals surface area contributed by atoms with Gasteiger partial charge in [-0.3, -0.25) is 14.5 Å². The van der Waals surface area contributed by atoms with Crippen LogP contribution in [0.5, 0.6) is 0 Å². The first-order chi connectivity index (χ1) is 18.3. The maximum absolute atomic E-state index is 12.8. The molecule has 3 atom stereocenters. The zero-order chi connectivity index (χ0) is 26.6. The van der Waals surface area contributed by atoms with E-state index in [2.05, 4.69) is 30.4 Å². The second-order valence-electron chi connectivity index (χ2n) is 9.55. The fraction of sp³-hybridized carbons (Fsp3) is 0.269. The molecule has 0 aromatic carbocycles. The van der Waals surface area contributed by atoms with Gasteiger partial charge in [-0.15, -0.1) is 0 Å². The zero-order valence-electron chi connectivity index (χ0n) is 20.6. The fourth-order valence-corrected chi connectivity index (χ4v) is 4.67. The maximum Gasteiger partial charge on any atom is 0.332 e. The largest absolute Gasteiger partial charge is 0.480 e. The number of anilines is 2. The predicted molar refractivity (Wildman–Crippen MR) is 139 cm³/mol. The van der Waals surface area contributed by atoms with Gasteiger partial charge in [-0.2, -0.15) is 5.10 Å². The number of aromatic nitrogens is 5. The van der Waals surface area contributed by atoms with Gasteiger partial charge in [0.25, 0.3) is 0 Å². The van der Waals surface area contributed by atoms with Crippen LogP contribution in [0.3, 0.4) is 0 Å². The average molecular weight is 513 g/mol. The summed E-state index contributed by atoms with van der Waals surface area (Å²) in [6.07, 6.45) is 7.75. The summed E-state index contributed by atoms with van der Waals surface area (Å²) in [5, 5.41) is 17.7. The number of rotatable bonds is 6. The van der Waals surface area contributed by atoms with E-state index in [0.717, 1.165) is 28.5 Å². The summed E-state index contributed by atoms with van der Waals surface area (Å²) in [6, 6.07) is 4.48. The topological polar surface area (TPSA) is 170 Å². The molecule has 0 radical (unpaired) electrons. The second-order valence-corrected chi connectivity index (χ2v) is 9.55. The van der Waals surface area contributed by atoms with Gasteiger partial charge in [0.2, 0.25) is 11.8 Å². The van der Waals surface area contributed by atoms with E-state index >= 15 is 0 Å². The van der Waals surface area contributed by atoms with Crippen LogP contribution in [0.1, 0.15) is 29.2 Å². The highest BCUT2D eigenvalue weighted by Crippen LogP contribution is 2.47. The SMILES string of the molecule is Cc1cc(C2=N[C@H](C(=O)O)CO2)ncc1-c1cc2cc(NC(=O)[C@@H]3C[C@H]3c3cnn(C)c3)ncc2c(N)n1. The van der Waals surface area contributed by atoms with E-state index in [9.17, 15) is 9.59 Å². The molecule has 12 heteroatoms. The lowest BCUT2D eigenvalue weighted by atomic mass is 10.0. The minimum absolute atomic E-state index is 0.0202. The van der Waals surface area contributed by atoms with E-state index in [1.54, 1.807) is 35.4 Å². The summed E-state index contributed by atoms with van der Waals surface area (Å²) < 4.78 is 7.15. The number of hydrogen-bond acceptors (Lipinski definition) is 9. The van der Waals surface area contributed by atoms with Crippen molar-refractivity contribution in [3.63, 3.8) is 0 Å². The van der Waals surface area contributed by atoms with Gasteiger partial charge in [0.1, 0.15) is 23.9 Å². The molecule has 0 bridgehead atoms. The van der Waals surface area contributed by atoms with E-state index < -0.39 is 12.0 Å². The van der Waals surface area contributed by atoms with Crippen LogP contribution >= 0.6 is 0 Å². The molecule has 5 heterocycles. The minimum atomic E-state index is -1.04. The zero-order valence-corrected chi connectivity index (χ0v) is 20.6. The second kappa shape index (κ2) is 8.91. The number of carbonyl (C=O) groups excluding carboxylic acids is 1. The van der Waals surface area contributed by atoms with Crippen LogP contribution in [0.25, 0.3) is 22.0 Å². The smallest absolute Gasteiger partial charge is 0.332 e. The first-order valence-corrected chi connectivity index (χ1v) is 12.0. The van der Waals surface area contributed by atoms with Crippen molar-refractivity contribution < 1.29 is 19.4 Å². The minimum Gasteiger partial charge on any atom is -0.480 e. The van der Waals surface area contributed by atoms with Crippen LogP contribution in [0.15, 0.2) is 48.0 Å². The molecule has 4 N–H and O–H groups in total.